The van der Waals surface area contributed by atoms with Crippen molar-refractivity contribution in [2.45, 2.75) is 38.8 Å². The summed E-state index contributed by atoms with van der Waals surface area (Å²) < 4.78 is 10.4. The summed E-state index contributed by atoms with van der Waals surface area (Å²) in [6, 6.07) is -0.430. The second-order valence-corrected chi connectivity index (χ2v) is 5.69. The number of hydrogen-bond donors (Lipinski definition) is 1. The third-order valence-electron chi connectivity index (χ3n) is 2.74. The van der Waals surface area contributed by atoms with Crippen molar-refractivity contribution in [1.29, 1.82) is 0 Å². The average molecular weight is 284 g/mol. The van der Waals surface area contributed by atoms with E-state index in [0.29, 0.717) is 26.3 Å². The Bertz CT molecular complexity index is 357. The van der Waals surface area contributed by atoms with E-state index in [1.165, 1.54) is 0 Å². The number of alkyl carbamates (subject to hydrolysis) is 1. The van der Waals surface area contributed by atoms with Gasteiger partial charge in [0.1, 0.15) is 5.60 Å². The van der Waals surface area contributed by atoms with E-state index in [1.807, 2.05) is 0 Å². The Hall–Kier alpha value is -1.56. The first kappa shape index (κ1) is 16.5. The molecule has 1 N–H and O–H groups in total. The van der Waals surface area contributed by atoms with E-state index in [9.17, 15) is 9.59 Å². The lowest BCUT2D eigenvalue weighted by molar-refractivity contribution is -0.135. The van der Waals surface area contributed by atoms with Crippen molar-refractivity contribution in [3.05, 3.63) is 12.7 Å². The second kappa shape index (κ2) is 7.28. The summed E-state index contributed by atoms with van der Waals surface area (Å²) in [6.07, 6.45) is 1.18. The quantitative estimate of drug-likeness (QED) is 0.790. The lowest BCUT2D eigenvalue weighted by Crippen LogP contribution is -2.45. The van der Waals surface area contributed by atoms with Gasteiger partial charge in [0.2, 0.25) is 5.91 Å². The molecule has 114 valence electrons. The van der Waals surface area contributed by atoms with Gasteiger partial charge in [0.15, 0.2) is 0 Å². The third kappa shape index (κ3) is 6.06. The minimum atomic E-state index is -0.565. The first-order valence-electron chi connectivity index (χ1n) is 6.79. The number of nitrogens with one attached hydrogen (secondary N) is 1. The van der Waals surface area contributed by atoms with Crippen molar-refractivity contribution < 1.29 is 19.1 Å². The molecule has 1 aliphatic rings. The lowest BCUT2D eigenvalue weighted by atomic mass is 10.2. The van der Waals surface area contributed by atoms with Crippen LogP contribution in [0, 0.1) is 0 Å². The molecule has 0 aromatic heterocycles. The van der Waals surface area contributed by atoms with Crippen LogP contribution in [0.5, 0.6) is 0 Å². The highest BCUT2D eigenvalue weighted by molar-refractivity contribution is 5.78. The Morgan fingerprint density at radius 3 is 2.50 bits per heavy atom. The van der Waals surface area contributed by atoms with Gasteiger partial charge in [-0.05, 0) is 20.8 Å². The fourth-order valence-electron chi connectivity index (χ4n) is 1.78. The number of carbonyl (C=O) groups excluding carboxylic acids is 2. The molecule has 1 heterocycles. The van der Waals surface area contributed by atoms with E-state index in [-0.39, 0.29) is 12.3 Å². The van der Waals surface area contributed by atoms with Crippen LogP contribution in [0.2, 0.25) is 0 Å². The normalized spacial score (nSPS) is 17.2. The van der Waals surface area contributed by atoms with E-state index < -0.39 is 17.7 Å². The molecule has 0 aliphatic carbocycles. The molecule has 0 spiro atoms. The van der Waals surface area contributed by atoms with Crippen LogP contribution < -0.4 is 5.32 Å². The molecule has 0 bridgehead atoms. The van der Waals surface area contributed by atoms with Gasteiger partial charge in [-0.25, -0.2) is 4.79 Å². The molecule has 0 saturated carbocycles. The van der Waals surface area contributed by atoms with Crippen LogP contribution in [0.25, 0.3) is 0 Å². The van der Waals surface area contributed by atoms with E-state index in [0.717, 1.165) is 0 Å². The van der Waals surface area contributed by atoms with Crippen molar-refractivity contribution in [2.24, 2.45) is 0 Å². The molecular formula is C14H24N2O4. The Kier molecular flexibility index (Phi) is 6.01. The minimum Gasteiger partial charge on any atom is -0.444 e. The largest absolute Gasteiger partial charge is 0.444 e. The summed E-state index contributed by atoms with van der Waals surface area (Å²) in [5.41, 5.74) is -0.565. The Balaban J connectivity index is 2.44. The topological polar surface area (TPSA) is 67.9 Å². The predicted octanol–water partition coefficient (Wildman–Crippen LogP) is 1.31. The summed E-state index contributed by atoms with van der Waals surface area (Å²) in [5.74, 6) is -0.0192. The maximum atomic E-state index is 12.1. The van der Waals surface area contributed by atoms with Gasteiger partial charge in [-0.1, -0.05) is 6.08 Å². The first-order chi connectivity index (χ1) is 9.31. The molecule has 1 rings (SSSR count). The highest BCUT2D eigenvalue weighted by Crippen LogP contribution is 2.08. The van der Waals surface area contributed by atoms with Gasteiger partial charge >= 0.3 is 6.09 Å². The van der Waals surface area contributed by atoms with Gasteiger partial charge in [-0.15, -0.1) is 6.58 Å². The van der Waals surface area contributed by atoms with Gasteiger partial charge < -0.3 is 19.7 Å². The smallest absolute Gasteiger partial charge is 0.408 e. The Morgan fingerprint density at radius 1 is 1.40 bits per heavy atom. The SMILES string of the molecule is C=C[C@H](CC(=O)N1CCOCC1)NC(=O)OC(C)(C)C. The van der Waals surface area contributed by atoms with E-state index >= 15 is 0 Å². The zero-order chi connectivity index (χ0) is 15.2. The van der Waals surface area contributed by atoms with Crippen LogP contribution in [0.3, 0.4) is 0 Å². The Morgan fingerprint density at radius 2 is 2.00 bits per heavy atom. The summed E-state index contributed by atoms with van der Waals surface area (Å²) in [6.45, 7) is 11.3. The molecule has 1 saturated heterocycles. The van der Waals surface area contributed by atoms with Crippen LogP contribution in [0.4, 0.5) is 4.79 Å². The molecule has 2 amide bonds. The summed E-state index contributed by atoms with van der Waals surface area (Å²) >= 11 is 0. The molecule has 20 heavy (non-hydrogen) atoms. The van der Waals surface area contributed by atoms with E-state index in [1.54, 1.807) is 31.7 Å². The lowest BCUT2D eigenvalue weighted by Gasteiger charge is -2.28. The molecule has 0 aromatic rings. The van der Waals surface area contributed by atoms with Gasteiger partial charge in [-0.3, -0.25) is 4.79 Å². The van der Waals surface area contributed by atoms with Crippen molar-refractivity contribution in [2.75, 3.05) is 26.3 Å². The summed E-state index contributed by atoms with van der Waals surface area (Å²) in [4.78, 5) is 25.5. The fourth-order valence-corrected chi connectivity index (χ4v) is 1.78. The Labute approximate surface area is 120 Å². The maximum Gasteiger partial charge on any atom is 0.408 e. The average Bonchev–Trinajstić information content (AvgIpc) is 2.36. The number of rotatable bonds is 4. The summed E-state index contributed by atoms with van der Waals surface area (Å²) in [7, 11) is 0. The molecular weight excluding hydrogens is 260 g/mol. The van der Waals surface area contributed by atoms with Crippen molar-refractivity contribution in [1.82, 2.24) is 10.2 Å². The van der Waals surface area contributed by atoms with Gasteiger partial charge in [0, 0.05) is 13.1 Å². The van der Waals surface area contributed by atoms with Crippen molar-refractivity contribution in [3.8, 4) is 0 Å². The second-order valence-electron chi connectivity index (χ2n) is 5.69. The van der Waals surface area contributed by atoms with E-state index in [2.05, 4.69) is 11.9 Å². The van der Waals surface area contributed by atoms with Crippen LogP contribution in [-0.2, 0) is 14.3 Å². The third-order valence-corrected chi connectivity index (χ3v) is 2.74. The summed E-state index contributed by atoms with van der Waals surface area (Å²) in [5, 5.41) is 2.64. The highest BCUT2D eigenvalue weighted by Gasteiger charge is 2.22. The van der Waals surface area contributed by atoms with Crippen LogP contribution in [0.15, 0.2) is 12.7 Å². The number of carbonyl (C=O) groups is 2. The first-order valence-corrected chi connectivity index (χ1v) is 6.79. The van der Waals surface area contributed by atoms with Crippen LogP contribution in [0.1, 0.15) is 27.2 Å². The number of hydrogen-bond acceptors (Lipinski definition) is 4. The molecule has 1 aliphatic heterocycles. The minimum absolute atomic E-state index is 0.0192. The molecule has 6 nitrogen and oxygen atoms in total. The van der Waals surface area contributed by atoms with Crippen LogP contribution >= 0.6 is 0 Å². The number of amides is 2. The number of morpholine rings is 1. The maximum absolute atomic E-state index is 12.1. The zero-order valence-corrected chi connectivity index (χ0v) is 12.5. The van der Waals surface area contributed by atoms with Gasteiger partial charge in [-0.2, -0.15) is 0 Å². The van der Waals surface area contributed by atoms with Crippen molar-refractivity contribution in [3.63, 3.8) is 0 Å². The number of nitrogens with zero attached hydrogens (tertiary/aromatic N) is 1. The standard InChI is InChI=1S/C14H24N2O4/c1-5-11(15-13(18)20-14(2,3)4)10-12(17)16-6-8-19-9-7-16/h5,11H,1,6-10H2,2-4H3,(H,15,18)/t11-/m1/s1. The fraction of sp³-hybridized carbons (Fsp3) is 0.714. The number of ether oxygens (including phenoxy) is 2. The molecule has 0 unspecified atom stereocenters. The van der Waals surface area contributed by atoms with Crippen LogP contribution in [-0.4, -0.2) is 54.8 Å². The predicted molar refractivity (Wildman–Crippen MR) is 75.4 cm³/mol. The molecule has 6 heteroatoms. The van der Waals surface area contributed by atoms with Gasteiger partial charge in [0.05, 0.1) is 25.7 Å². The van der Waals surface area contributed by atoms with E-state index in [4.69, 9.17) is 9.47 Å². The monoisotopic (exact) mass is 284 g/mol. The van der Waals surface area contributed by atoms with Crippen molar-refractivity contribution >= 4 is 12.0 Å². The van der Waals surface area contributed by atoms with Gasteiger partial charge in [0.25, 0.3) is 0 Å². The highest BCUT2D eigenvalue weighted by atomic mass is 16.6. The zero-order valence-electron chi connectivity index (χ0n) is 12.5. The molecule has 1 atom stereocenters. The molecule has 0 radical (unpaired) electrons. The molecule has 0 aromatic carbocycles. The molecule has 1 fully saturated rings.